The number of hydrogen-bond donors (Lipinski definition) is 1. The zero-order valence-electron chi connectivity index (χ0n) is 11.4. The minimum Gasteiger partial charge on any atom is -0.316 e. The van der Waals surface area contributed by atoms with Crippen LogP contribution in [0.4, 0.5) is 4.39 Å². The fourth-order valence-electron chi connectivity index (χ4n) is 3.04. The van der Waals surface area contributed by atoms with Crippen molar-refractivity contribution in [3.63, 3.8) is 0 Å². The molecule has 2 unspecified atom stereocenters. The third kappa shape index (κ3) is 2.46. The summed E-state index contributed by atoms with van der Waals surface area (Å²) in [5.74, 6) is 0.275. The monoisotopic (exact) mass is 289 g/mol. The highest BCUT2D eigenvalue weighted by atomic mass is 35.5. The van der Waals surface area contributed by atoms with E-state index in [9.17, 15) is 4.39 Å². The predicted molar refractivity (Wildman–Crippen MR) is 80.8 cm³/mol. The van der Waals surface area contributed by atoms with E-state index >= 15 is 0 Å². The Hall–Kier alpha value is -1.38. The quantitative estimate of drug-likeness (QED) is 0.899. The van der Waals surface area contributed by atoms with Gasteiger partial charge in [-0.05, 0) is 54.8 Å². The lowest BCUT2D eigenvalue weighted by molar-refractivity contribution is 0.417. The van der Waals surface area contributed by atoms with Gasteiger partial charge >= 0.3 is 0 Å². The van der Waals surface area contributed by atoms with Gasteiger partial charge in [-0.2, -0.15) is 0 Å². The summed E-state index contributed by atoms with van der Waals surface area (Å²) in [5.41, 5.74) is 3.47. The Morgan fingerprint density at radius 3 is 2.85 bits per heavy atom. The normalized spacial score (nSPS) is 18.2. The van der Waals surface area contributed by atoms with Crippen molar-refractivity contribution in [3.8, 4) is 0 Å². The molecule has 2 aromatic carbocycles. The molecule has 20 heavy (non-hydrogen) atoms. The molecule has 1 aliphatic rings. The Kier molecular flexibility index (Phi) is 3.77. The summed E-state index contributed by atoms with van der Waals surface area (Å²) < 4.78 is 13.9. The molecule has 1 aliphatic carbocycles. The number of halogens is 2. The van der Waals surface area contributed by atoms with Gasteiger partial charge in [0.2, 0.25) is 0 Å². The van der Waals surface area contributed by atoms with Gasteiger partial charge in [-0.25, -0.2) is 4.39 Å². The van der Waals surface area contributed by atoms with E-state index in [0.29, 0.717) is 22.9 Å². The number of hydrogen-bond acceptors (Lipinski definition) is 1. The lowest BCUT2D eigenvalue weighted by Gasteiger charge is -2.36. The van der Waals surface area contributed by atoms with Crippen molar-refractivity contribution in [3.05, 3.63) is 70.0 Å². The standard InChI is InChI=1S/C17H17ClFN/c1-20-17(10-12-8-13(18)6-7-16(12)19)15-9-11-4-2-3-5-14(11)15/h2-8,15,17,20H,9-10H2,1H3. The van der Waals surface area contributed by atoms with Gasteiger partial charge in [-0.1, -0.05) is 35.9 Å². The minimum atomic E-state index is -0.178. The molecule has 0 heterocycles. The molecule has 1 nitrogen and oxygen atoms in total. The molecule has 0 saturated carbocycles. The second-order valence-electron chi connectivity index (χ2n) is 5.34. The van der Waals surface area contributed by atoms with Crippen LogP contribution in [0.1, 0.15) is 22.6 Å². The molecule has 2 aromatic rings. The van der Waals surface area contributed by atoms with Crippen LogP contribution in [0.3, 0.4) is 0 Å². The summed E-state index contributed by atoms with van der Waals surface area (Å²) in [6, 6.07) is 13.5. The van der Waals surface area contributed by atoms with E-state index in [1.807, 2.05) is 7.05 Å². The van der Waals surface area contributed by atoms with E-state index in [4.69, 9.17) is 11.6 Å². The second kappa shape index (κ2) is 5.55. The van der Waals surface area contributed by atoms with E-state index in [1.54, 1.807) is 12.1 Å². The number of likely N-dealkylation sites (N-methyl/N-ethyl adjacent to an activating group) is 1. The van der Waals surface area contributed by atoms with Gasteiger partial charge in [-0.15, -0.1) is 0 Å². The molecule has 0 amide bonds. The van der Waals surface area contributed by atoms with Gasteiger partial charge in [-0.3, -0.25) is 0 Å². The van der Waals surface area contributed by atoms with Crippen LogP contribution in [0.5, 0.6) is 0 Å². The topological polar surface area (TPSA) is 12.0 Å². The van der Waals surface area contributed by atoms with Crippen LogP contribution in [0, 0.1) is 5.82 Å². The fourth-order valence-corrected chi connectivity index (χ4v) is 3.23. The first-order valence-corrected chi connectivity index (χ1v) is 7.26. The summed E-state index contributed by atoms with van der Waals surface area (Å²) in [5, 5.41) is 3.92. The van der Waals surface area contributed by atoms with E-state index in [2.05, 4.69) is 29.6 Å². The van der Waals surface area contributed by atoms with Crippen LogP contribution in [-0.2, 0) is 12.8 Å². The molecule has 0 aromatic heterocycles. The van der Waals surface area contributed by atoms with Gasteiger partial charge in [0.05, 0.1) is 0 Å². The molecule has 3 rings (SSSR count). The van der Waals surface area contributed by atoms with Gasteiger partial charge in [0, 0.05) is 17.0 Å². The van der Waals surface area contributed by atoms with Crippen molar-refractivity contribution in [1.29, 1.82) is 0 Å². The molecular weight excluding hydrogens is 273 g/mol. The highest BCUT2D eigenvalue weighted by Crippen LogP contribution is 2.38. The Labute approximate surface area is 123 Å². The molecule has 3 heteroatoms. The summed E-state index contributed by atoms with van der Waals surface area (Å²) >= 11 is 5.96. The van der Waals surface area contributed by atoms with Crippen LogP contribution in [0.2, 0.25) is 5.02 Å². The largest absolute Gasteiger partial charge is 0.316 e. The predicted octanol–water partition coefficient (Wildman–Crippen LogP) is 3.95. The first kappa shape index (κ1) is 13.6. The Balaban J connectivity index is 1.81. The average molecular weight is 290 g/mol. The first-order chi connectivity index (χ1) is 9.69. The van der Waals surface area contributed by atoms with Gasteiger partial charge in [0.1, 0.15) is 5.82 Å². The maximum atomic E-state index is 13.9. The molecular formula is C17H17ClFN. The summed E-state index contributed by atoms with van der Waals surface area (Å²) in [7, 11) is 1.94. The van der Waals surface area contributed by atoms with E-state index in [0.717, 1.165) is 6.42 Å². The number of fused-ring (bicyclic) bond motifs is 1. The lowest BCUT2D eigenvalue weighted by atomic mass is 9.72. The summed E-state index contributed by atoms with van der Waals surface area (Å²) in [6.07, 6.45) is 1.71. The molecule has 0 saturated heterocycles. The third-order valence-electron chi connectivity index (χ3n) is 4.20. The summed E-state index contributed by atoms with van der Waals surface area (Å²) in [6.45, 7) is 0. The smallest absolute Gasteiger partial charge is 0.126 e. The Bertz CT molecular complexity index is 626. The summed E-state index contributed by atoms with van der Waals surface area (Å²) in [4.78, 5) is 0. The molecule has 1 N–H and O–H groups in total. The average Bonchev–Trinajstić information content (AvgIpc) is 2.43. The second-order valence-corrected chi connectivity index (χ2v) is 5.78. The van der Waals surface area contributed by atoms with Crippen LogP contribution in [0.15, 0.2) is 42.5 Å². The highest BCUT2D eigenvalue weighted by molar-refractivity contribution is 6.30. The van der Waals surface area contributed by atoms with E-state index in [-0.39, 0.29) is 11.9 Å². The fraction of sp³-hybridized carbons (Fsp3) is 0.294. The van der Waals surface area contributed by atoms with Crippen molar-refractivity contribution >= 4 is 11.6 Å². The number of rotatable bonds is 4. The Morgan fingerprint density at radius 1 is 1.30 bits per heavy atom. The van der Waals surface area contributed by atoms with Crippen LogP contribution in [-0.4, -0.2) is 13.1 Å². The van der Waals surface area contributed by atoms with Crippen molar-refractivity contribution < 1.29 is 4.39 Å². The molecule has 0 radical (unpaired) electrons. The molecule has 0 spiro atoms. The van der Waals surface area contributed by atoms with Crippen molar-refractivity contribution in [2.45, 2.75) is 24.8 Å². The number of benzene rings is 2. The molecule has 0 bridgehead atoms. The van der Waals surface area contributed by atoms with Crippen molar-refractivity contribution in [1.82, 2.24) is 5.32 Å². The SMILES string of the molecule is CNC(Cc1cc(Cl)ccc1F)C1Cc2ccccc21. The van der Waals surface area contributed by atoms with Crippen molar-refractivity contribution in [2.75, 3.05) is 7.05 Å². The zero-order chi connectivity index (χ0) is 14.1. The molecule has 0 fully saturated rings. The lowest BCUT2D eigenvalue weighted by Crippen LogP contribution is -2.39. The van der Waals surface area contributed by atoms with E-state index in [1.165, 1.54) is 17.2 Å². The van der Waals surface area contributed by atoms with Gasteiger partial charge in [0.25, 0.3) is 0 Å². The third-order valence-corrected chi connectivity index (χ3v) is 4.43. The maximum absolute atomic E-state index is 13.9. The van der Waals surface area contributed by atoms with Crippen LogP contribution in [0.25, 0.3) is 0 Å². The molecule has 2 atom stereocenters. The van der Waals surface area contributed by atoms with Crippen LogP contribution < -0.4 is 5.32 Å². The van der Waals surface area contributed by atoms with E-state index < -0.39 is 0 Å². The first-order valence-electron chi connectivity index (χ1n) is 6.88. The Morgan fingerprint density at radius 2 is 2.10 bits per heavy atom. The minimum absolute atomic E-state index is 0.178. The number of nitrogens with one attached hydrogen (secondary N) is 1. The zero-order valence-corrected chi connectivity index (χ0v) is 12.1. The van der Waals surface area contributed by atoms with Gasteiger partial charge < -0.3 is 5.32 Å². The highest BCUT2D eigenvalue weighted by Gasteiger charge is 2.32. The molecule has 0 aliphatic heterocycles. The van der Waals surface area contributed by atoms with Crippen LogP contribution >= 0.6 is 11.6 Å². The van der Waals surface area contributed by atoms with Gasteiger partial charge in [0.15, 0.2) is 0 Å². The maximum Gasteiger partial charge on any atom is 0.126 e. The molecule has 104 valence electrons. The van der Waals surface area contributed by atoms with Crippen molar-refractivity contribution in [2.24, 2.45) is 0 Å².